The van der Waals surface area contributed by atoms with Crippen LogP contribution in [0, 0.1) is 0 Å². The van der Waals surface area contributed by atoms with E-state index in [0.29, 0.717) is 0 Å². The molecule has 1 aromatic carbocycles. The van der Waals surface area contributed by atoms with Crippen LogP contribution in [-0.4, -0.2) is 11.9 Å². The number of carbonyl (C=O) groups is 1. The molecular formula is C11H14N2O. The Bertz CT molecular complexity index is 323. The molecule has 1 amide bonds. The first-order valence-electron chi connectivity index (χ1n) is 4.87. The first-order valence-corrected chi connectivity index (χ1v) is 4.87. The Morgan fingerprint density at radius 1 is 1.29 bits per heavy atom. The Balaban J connectivity index is 2.06. The zero-order valence-corrected chi connectivity index (χ0v) is 7.94. The zero-order valence-electron chi connectivity index (χ0n) is 7.94. The predicted octanol–water partition coefficient (Wildman–Crippen LogP) is 0.965. The molecule has 3 N–H and O–H groups in total. The van der Waals surface area contributed by atoms with Crippen LogP contribution in [0.3, 0.4) is 0 Å². The smallest absolute Gasteiger partial charge is 0.234 e. The molecule has 3 heteroatoms. The van der Waals surface area contributed by atoms with Crippen LogP contribution in [0.2, 0.25) is 0 Å². The summed E-state index contributed by atoms with van der Waals surface area (Å²) in [6.07, 6.45) is 1.83. The van der Waals surface area contributed by atoms with Gasteiger partial charge in [-0.05, 0) is 18.4 Å². The van der Waals surface area contributed by atoms with Gasteiger partial charge in [0.25, 0.3) is 0 Å². The minimum atomic E-state index is -0.247. The van der Waals surface area contributed by atoms with Crippen LogP contribution in [0.1, 0.15) is 24.4 Å². The molecule has 14 heavy (non-hydrogen) atoms. The van der Waals surface area contributed by atoms with Gasteiger partial charge in [-0.1, -0.05) is 30.3 Å². The molecule has 2 atom stereocenters. The Labute approximate surface area is 83.3 Å². The number of hydrogen-bond acceptors (Lipinski definition) is 2. The van der Waals surface area contributed by atoms with E-state index < -0.39 is 0 Å². The molecule has 0 aliphatic carbocycles. The lowest BCUT2D eigenvalue weighted by Crippen LogP contribution is -2.37. The molecule has 1 fully saturated rings. The summed E-state index contributed by atoms with van der Waals surface area (Å²) < 4.78 is 0. The summed E-state index contributed by atoms with van der Waals surface area (Å²) in [7, 11) is 0. The highest BCUT2D eigenvalue weighted by molar-refractivity contribution is 5.80. The van der Waals surface area contributed by atoms with Gasteiger partial charge < -0.3 is 5.73 Å². The maximum atomic E-state index is 10.9. The molecular weight excluding hydrogens is 176 g/mol. The van der Waals surface area contributed by atoms with Gasteiger partial charge in [0.05, 0.1) is 6.04 Å². The molecule has 74 valence electrons. The van der Waals surface area contributed by atoms with Crippen molar-refractivity contribution in [1.82, 2.24) is 5.32 Å². The number of nitrogens with one attached hydrogen (secondary N) is 1. The van der Waals surface area contributed by atoms with Gasteiger partial charge >= 0.3 is 0 Å². The predicted molar refractivity (Wildman–Crippen MR) is 54.5 cm³/mol. The highest BCUT2D eigenvalue weighted by atomic mass is 16.1. The normalized spacial score (nSPS) is 26.3. The second-order valence-corrected chi connectivity index (χ2v) is 3.66. The number of carbonyl (C=O) groups excluding carboxylic acids is 1. The lowest BCUT2D eigenvalue weighted by Gasteiger charge is -2.12. The average molecular weight is 190 g/mol. The molecule has 3 nitrogen and oxygen atoms in total. The summed E-state index contributed by atoms with van der Waals surface area (Å²) >= 11 is 0. The summed E-state index contributed by atoms with van der Waals surface area (Å²) in [5.41, 5.74) is 6.47. The number of rotatable bonds is 2. The van der Waals surface area contributed by atoms with E-state index in [1.807, 2.05) is 18.2 Å². The molecule has 0 bridgehead atoms. The molecule has 2 unspecified atom stereocenters. The van der Waals surface area contributed by atoms with Crippen molar-refractivity contribution in [3.8, 4) is 0 Å². The second kappa shape index (κ2) is 3.80. The van der Waals surface area contributed by atoms with E-state index in [2.05, 4.69) is 17.4 Å². The molecule has 1 heterocycles. The summed E-state index contributed by atoms with van der Waals surface area (Å²) in [4.78, 5) is 10.9. The van der Waals surface area contributed by atoms with Crippen LogP contribution in [0.4, 0.5) is 0 Å². The molecule has 1 saturated heterocycles. The molecule has 1 aliphatic rings. The van der Waals surface area contributed by atoms with E-state index in [9.17, 15) is 4.79 Å². The second-order valence-electron chi connectivity index (χ2n) is 3.66. The van der Waals surface area contributed by atoms with Crippen LogP contribution in [0.15, 0.2) is 30.3 Å². The molecule has 1 aliphatic heterocycles. The third kappa shape index (κ3) is 1.77. The number of primary amides is 1. The first-order chi connectivity index (χ1) is 6.77. The largest absolute Gasteiger partial charge is 0.368 e. The van der Waals surface area contributed by atoms with Crippen LogP contribution in [0.5, 0.6) is 0 Å². The van der Waals surface area contributed by atoms with Crippen molar-refractivity contribution in [3.63, 3.8) is 0 Å². The maximum absolute atomic E-state index is 10.9. The fourth-order valence-corrected chi connectivity index (χ4v) is 1.92. The lowest BCUT2D eigenvalue weighted by molar-refractivity contribution is -0.119. The van der Waals surface area contributed by atoms with Crippen LogP contribution in [0.25, 0.3) is 0 Å². The molecule has 0 saturated carbocycles. The Hall–Kier alpha value is -1.35. The summed E-state index contributed by atoms with van der Waals surface area (Å²) in [5, 5.41) is 3.23. The fraction of sp³-hybridized carbons (Fsp3) is 0.364. The number of amides is 1. The molecule has 0 aromatic heterocycles. The quantitative estimate of drug-likeness (QED) is 0.730. The van der Waals surface area contributed by atoms with Crippen LogP contribution < -0.4 is 11.1 Å². The van der Waals surface area contributed by atoms with Crippen molar-refractivity contribution in [1.29, 1.82) is 0 Å². The number of benzene rings is 1. The maximum Gasteiger partial charge on any atom is 0.234 e. The van der Waals surface area contributed by atoms with Gasteiger partial charge in [-0.25, -0.2) is 0 Å². The van der Waals surface area contributed by atoms with E-state index >= 15 is 0 Å². The minimum absolute atomic E-state index is 0.153. The van der Waals surface area contributed by atoms with Gasteiger partial charge in [0.15, 0.2) is 0 Å². The van der Waals surface area contributed by atoms with E-state index in [-0.39, 0.29) is 18.0 Å². The summed E-state index contributed by atoms with van der Waals surface area (Å²) in [6.45, 7) is 0. The van der Waals surface area contributed by atoms with Gasteiger partial charge in [-0.15, -0.1) is 0 Å². The van der Waals surface area contributed by atoms with Gasteiger partial charge in [0.1, 0.15) is 0 Å². The minimum Gasteiger partial charge on any atom is -0.368 e. The van der Waals surface area contributed by atoms with Crippen molar-refractivity contribution in [2.45, 2.75) is 24.9 Å². The van der Waals surface area contributed by atoms with Gasteiger partial charge in [0.2, 0.25) is 5.91 Å². The zero-order chi connectivity index (χ0) is 9.97. The monoisotopic (exact) mass is 190 g/mol. The van der Waals surface area contributed by atoms with Gasteiger partial charge in [0, 0.05) is 6.04 Å². The SMILES string of the molecule is NC(=O)C1CCC(c2ccccc2)N1. The molecule has 0 radical (unpaired) electrons. The van der Waals surface area contributed by atoms with Crippen LogP contribution in [-0.2, 0) is 4.79 Å². The van der Waals surface area contributed by atoms with Gasteiger partial charge in [-0.3, -0.25) is 10.1 Å². The van der Waals surface area contributed by atoms with Crippen molar-refractivity contribution < 1.29 is 4.79 Å². The van der Waals surface area contributed by atoms with Crippen molar-refractivity contribution in [2.24, 2.45) is 5.73 Å². The van der Waals surface area contributed by atoms with Crippen molar-refractivity contribution in [3.05, 3.63) is 35.9 Å². The van der Waals surface area contributed by atoms with E-state index in [1.54, 1.807) is 0 Å². The highest BCUT2D eigenvalue weighted by Crippen LogP contribution is 2.25. The van der Waals surface area contributed by atoms with E-state index in [0.717, 1.165) is 12.8 Å². The topological polar surface area (TPSA) is 55.1 Å². The summed E-state index contributed by atoms with van der Waals surface area (Å²) in [6, 6.07) is 10.3. The Morgan fingerprint density at radius 3 is 2.57 bits per heavy atom. The lowest BCUT2D eigenvalue weighted by atomic mass is 10.1. The number of hydrogen-bond donors (Lipinski definition) is 2. The number of nitrogens with two attached hydrogens (primary N) is 1. The van der Waals surface area contributed by atoms with Crippen molar-refractivity contribution >= 4 is 5.91 Å². The third-order valence-corrected chi connectivity index (χ3v) is 2.69. The average Bonchev–Trinajstić information content (AvgIpc) is 2.68. The van der Waals surface area contributed by atoms with Gasteiger partial charge in [-0.2, -0.15) is 0 Å². The molecule has 1 aromatic rings. The van der Waals surface area contributed by atoms with E-state index in [4.69, 9.17) is 5.73 Å². The Kier molecular flexibility index (Phi) is 2.50. The molecule has 0 spiro atoms. The van der Waals surface area contributed by atoms with Crippen molar-refractivity contribution in [2.75, 3.05) is 0 Å². The summed E-state index contributed by atoms with van der Waals surface area (Å²) in [5.74, 6) is -0.247. The Morgan fingerprint density at radius 2 is 2.00 bits per heavy atom. The highest BCUT2D eigenvalue weighted by Gasteiger charge is 2.27. The third-order valence-electron chi connectivity index (χ3n) is 2.69. The van der Waals surface area contributed by atoms with Crippen LogP contribution >= 0.6 is 0 Å². The standard InChI is InChI=1S/C11H14N2O/c12-11(14)10-7-6-9(13-10)8-4-2-1-3-5-8/h1-5,9-10,13H,6-7H2,(H2,12,14). The molecule has 2 rings (SSSR count). The first kappa shape index (κ1) is 9.21. The fourth-order valence-electron chi connectivity index (χ4n) is 1.92. The van der Waals surface area contributed by atoms with E-state index in [1.165, 1.54) is 5.56 Å².